The van der Waals surface area contributed by atoms with Crippen molar-refractivity contribution in [1.82, 2.24) is 4.90 Å². The number of carbonyl (C=O) groups excluding carboxylic acids is 1. The molecule has 3 atom stereocenters. The van der Waals surface area contributed by atoms with Crippen LogP contribution in [-0.4, -0.2) is 23.9 Å². The van der Waals surface area contributed by atoms with Crippen LogP contribution in [0, 0.1) is 17.8 Å². The average Bonchev–Trinajstić information content (AvgIpc) is 3.15. The number of halogens is 1. The first-order valence-electron chi connectivity index (χ1n) is 8.78. The van der Waals surface area contributed by atoms with Crippen molar-refractivity contribution in [1.29, 1.82) is 0 Å². The van der Waals surface area contributed by atoms with Crippen LogP contribution in [0.25, 0.3) is 0 Å². The SMILES string of the molecule is Cl.NCCCN(Cc1ccccc1)C(=O)CC1CC2CCC1C2. The summed E-state index contributed by atoms with van der Waals surface area (Å²) < 4.78 is 0. The summed E-state index contributed by atoms with van der Waals surface area (Å²) in [6, 6.07) is 10.3. The smallest absolute Gasteiger partial charge is 0.223 e. The normalized spacial score (nSPS) is 25.2. The van der Waals surface area contributed by atoms with E-state index in [1.54, 1.807) is 0 Å². The summed E-state index contributed by atoms with van der Waals surface area (Å²) in [5.74, 6) is 2.70. The quantitative estimate of drug-likeness (QED) is 0.826. The second-order valence-corrected chi connectivity index (χ2v) is 7.08. The maximum Gasteiger partial charge on any atom is 0.223 e. The Morgan fingerprint density at radius 2 is 1.96 bits per heavy atom. The fourth-order valence-corrected chi connectivity index (χ4v) is 4.36. The lowest BCUT2D eigenvalue weighted by molar-refractivity contribution is -0.133. The van der Waals surface area contributed by atoms with Crippen molar-refractivity contribution in [2.24, 2.45) is 23.5 Å². The van der Waals surface area contributed by atoms with E-state index in [-0.39, 0.29) is 12.4 Å². The molecule has 2 fully saturated rings. The first kappa shape index (κ1) is 18.3. The van der Waals surface area contributed by atoms with Crippen LogP contribution in [0.5, 0.6) is 0 Å². The second kappa shape index (κ2) is 8.70. The molecule has 3 rings (SSSR count). The third kappa shape index (κ3) is 4.71. The van der Waals surface area contributed by atoms with Crippen LogP contribution in [0.3, 0.4) is 0 Å². The van der Waals surface area contributed by atoms with E-state index in [9.17, 15) is 4.79 Å². The van der Waals surface area contributed by atoms with Gasteiger partial charge in [-0.15, -0.1) is 12.4 Å². The molecule has 2 aliphatic carbocycles. The van der Waals surface area contributed by atoms with Crippen LogP contribution in [0.4, 0.5) is 0 Å². The Hall–Kier alpha value is -1.06. The largest absolute Gasteiger partial charge is 0.338 e. The van der Waals surface area contributed by atoms with Crippen LogP contribution >= 0.6 is 12.4 Å². The Labute approximate surface area is 146 Å². The molecule has 0 saturated heterocycles. The van der Waals surface area contributed by atoms with Crippen molar-refractivity contribution in [3.05, 3.63) is 35.9 Å². The fourth-order valence-electron chi connectivity index (χ4n) is 4.36. The summed E-state index contributed by atoms with van der Waals surface area (Å²) >= 11 is 0. The third-order valence-corrected chi connectivity index (χ3v) is 5.52. The zero-order chi connectivity index (χ0) is 15.4. The Balaban J connectivity index is 0.00000192. The molecule has 4 heteroatoms. The maximum atomic E-state index is 12.8. The third-order valence-electron chi connectivity index (χ3n) is 5.52. The lowest BCUT2D eigenvalue weighted by Crippen LogP contribution is -2.34. The van der Waals surface area contributed by atoms with Gasteiger partial charge < -0.3 is 10.6 Å². The summed E-state index contributed by atoms with van der Waals surface area (Å²) in [6.07, 6.45) is 7.04. The second-order valence-electron chi connectivity index (χ2n) is 7.08. The molecule has 1 aromatic carbocycles. The van der Waals surface area contributed by atoms with Crippen LogP contribution in [0.15, 0.2) is 30.3 Å². The highest BCUT2D eigenvalue weighted by Gasteiger charge is 2.40. The molecule has 0 aliphatic heterocycles. The lowest BCUT2D eigenvalue weighted by Gasteiger charge is -2.27. The molecule has 23 heavy (non-hydrogen) atoms. The molecule has 0 spiro atoms. The Kier molecular flexibility index (Phi) is 6.91. The predicted octanol–water partition coefficient (Wildman–Crippen LogP) is 3.61. The molecule has 3 unspecified atom stereocenters. The first-order chi connectivity index (χ1) is 10.8. The predicted molar refractivity (Wildman–Crippen MR) is 96.3 cm³/mol. The molecule has 0 aromatic heterocycles. The topological polar surface area (TPSA) is 46.3 Å². The molecule has 1 aromatic rings. The summed E-state index contributed by atoms with van der Waals surface area (Å²) in [5.41, 5.74) is 6.85. The van der Waals surface area contributed by atoms with Gasteiger partial charge in [0.15, 0.2) is 0 Å². The van der Waals surface area contributed by atoms with E-state index in [2.05, 4.69) is 12.1 Å². The van der Waals surface area contributed by atoms with Crippen molar-refractivity contribution >= 4 is 18.3 Å². The maximum absolute atomic E-state index is 12.8. The van der Waals surface area contributed by atoms with Gasteiger partial charge in [0.1, 0.15) is 0 Å². The number of rotatable bonds is 7. The number of nitrogens with zero attached hydrogens (tertiary/aromatic N) is 1. The van der Waals surface area contributed by atoms with Gasteiger partial charge in [-0.2, -0.15) is 0 Å². The van der Waals surface area contributed by atoms with Gasteiger partial charge in [-0.05, 0) is 55.5 Å². The zero-order valence-electron chi connectivity index (χ0n) is 13.8. The van der Waals surface area contributed by atoms with Crippen molar-refractivity contribution in [2.45, 2.75) is 45.1 Å². The monoisotopic (exact) mass is 336 g/mol. The van der Waals surface area contributed by atoms with Gasteiger partial charge in [0, 0.05) is 19.5 Å². The molecular formula is C19H29ClN2O. The van der Waals surface area contributed by atoms with Gasteiger partial charge in [-0.25, -0.2) is 0 Å². The van der Waals surface area contributed by atoms with Gasteiger partial charge >= 0.3 is 0 Å². The number of benzene rings is 1. The average molecular weight is 337 g/mol. The van der Waals surface area contributed by atoms with Gasteiger partial charge in [0.25, 0.3) is 0 Å². The summed E-state index contributed by atoms with van der Waals surface area (Å²) in [4.78, 5) is 14.8. The minimum atomic E-state index is 0. The van der Waals surface area contributed by atoms with E-state index < -0.39 is 0 Å². The molecule has 2 saturated carbocycles. The number of fused-ring (bicyclic) bond motifs is 2. The standard InChI is InChI=1S/C19H28N2O.ClH/c20-9-4-10-21(14-15-5-2-1-3-6-15)19(22)13-18-12-16-7-8-17(18)11-16;/h1-3,5-6,16-18H,4,7-14,20H2;1H. The molecule has 3 nitrogen and oxygen atoms in total. The number of hydrogen-bond donors (Lipinski definition) is 1. The number of carbonyl (C=O) groups is 1. The molecule has 2 aliphatic rings. The first-order valence-corrected chi connectivity index (χ1v) is 8.78. The van der Waals surface area contributed by atoms with Crippen LogP contribution in [0.2, 0.25) is 0 Å². The van der Waals surface area contributed by atoms with Crippen molar-refractivity contribution in [3.8, 4) is 0 Å². The van der Waals surface area contributed by atoms with Crippen molar-refractivity contribution in [2.75, 3.05) is 13.1 Å². The zero-order valence-corrected chi connectivity index (χ0v) is 14.6. The molecule has 128 valence electrons. The molecular weight excluding hydrogens is 308 g/mol. The van der Waals surface area contributed by atoms with E-state index >= 15 is 0 Å². The minimum Gasteiger partial charge on any atom is -0.338 e. The Morgan fingerprint density at radius 1 is 1.17 bits per heavy atom. The van der Waals surface area contributed by atoms with Gasteiger partial charge in [0.05, 0.1) is 0 Å². The highest BCUT2D eigenvalue weighted by atomic mass is 35.5. The molecule has 2 N–H and O–H groups in total. The summed E-state index contributed by atoms with van der Waals surface area (Å²) in [5, 5.41) is 0. The number of nitrogens with two attached hydrogens (primary N) is 1. The Bertz CT molecular complexity index is 493. The molecule has 2 bridgehead atoms. The van der Waals surface area contributed by atoms with Gasteiger partial charge in [0.2, 0.25) is 5.91 Å². The lowest BCUT2D eigenvalue weighted by atomic mass is 9.86. The molecule has 0 heterocycles. The van der Waals surface area contributed by atoms with E-state index in [1.165, 1.54) is 31.2 Å². The van der Waals surface area contributed by atoms with Crippen LogP contribution in [0.1, 0.15) is 44.1 Å². The van der Waals surface area contributed by atoms with Gasteiger partial charge in [-0.1, -0.05) is 36.8 Å². The van der Waals surface area contributed by atoms with Crippen molar-refractivity contribution < 1.29 is 4.79 Å². The number of amides is 1. The van der Waals surface area contributed by atoms with E-state index in [1.807, 2.05) is 23.1 Å². The van der Waals surface area contributed by atoms with E-state index in [0.29, 0.717) is 18.4 Å². The van der Waals surface area contributed by atoms with Crippen LogP contribution in [-0.2, 0) is 11.3 Å². The summed E-state index contributed by atoms with van der Waals surface area (Å²) in [7, 11) is 0. The highest BCUT2D eigenvalue weighted by Crippen LogP contribution is 2.49. The fraction of sp³-hybridized carbons (Fsp3) is 0.632. The summed E-state index contributed by atoms with van der Waals surface area (Å²) in [6.45, 7) is 2.15. The van der Waals surface area contributed by atoms with E-state index in [4.69, 9.17) is 5.73 Å². The van der Waals surface area contributed by atoms with Gasteiger partial charge in [-0.3, -0.25) is 4.79 Å². The van der Waals surface area contributed by atoms with Crippen molar-refractivity contribution in [3.63, 3.8) is 0 Å². The van der Waals surface area contributed by atoms with Crippen LogP contribution < -0.4 is 5.73 Å². The molecule has 1 amide bonds. The minimum absolute atomic E-state index is 0. The Morgan fingerprint density at radius 3 is 2.57 bits per heavy atom. The number of hydrogen-bond acceptors (Lipinski definition) is 2. The van der Waals surface area contributed by atoms with E-state index in [0.717, 1.165) is 37.8 Å². The molecule has 0 radical (unpaired) electrons. The highest BCUT2D eigenvalue weighted by molar-refractivity contribution is 5.85.